The number of ether oxygens (including phenoxy) is 4. The molecule has 0 bridgehead atoms. The Morgan fingerprint density at radius 1 is 0.441 bits per heavy atom. The maximum atomic E-state index is 13.8. The normalized spacial score (nSPS) is 11.6. The van der Waals surface area contributed by atoms with E-state index in [0.717, 1.165) is 37.7 Å². The number of nitrogens with one attached hydrogen (secondary N) is 3. The van der Waals surface area contributed by atoms with E-state index in [2.05, 4.69) is 36.3 Å². The summed E-state index contributed by atoms with van der Waals surface area (Å²) in [6.45, 7) is 14.2. The number of phenols is 2. The molecule has 0 aliphatic heterocycles. The summed E-state index contributed by atoms with van der Waals surface area (Å²) >= 11 is 0. The first-order chi connectivity index (χ1) is 44.5. The summed E-state index contributed by atoms with van der Waals surface area (Å²) in [5, 5.41) is 48.8. The lowest BCUT2D eigenvalue weighted by Crippen LogP contribution is -2.54. The number of carbonyl (C=O) groups is 5. The third-order valence-electron chi connectivity index (χ3n) is 15.5. The van der Waals surface area contributed by atoms with Gasteiger partial charge in [0.15, 0.2) is 0 Å². The van der Waals surface area contributed by atoms with Gasteiger partial charge in [0.25, 0.3) is 0 Å². The quantitative estimate of drug-likeness (QED) is 0.0142. The lowest BCUT2D eigenvalue weighted by Gasteiger charge is -2.23. The molecule has 7 rings (SSSR count). The zero-order valence-electron chi connectivity index (χ0n) is 54.6. The van der Waals surface area contributed by atoms with Crippen LogP contribution in [0.25, 0.3) is 33.4 Å². The fourth-order valence-electron chi connectivity index (χ4n) is 10.5. The van der Waals surface area contributed by atoms with Crippen LogP contribution in [0.5, 0.6) is 11.5 Å². The number of esters is 2. The summed E-state index contributed by atoms with van der Waals surface area (Å²) in [6.07, 6.45) is 6.78. The van der Waals surface area contributed by atoms with Crippen molar-refractivity contribution in [2.24, 2.45) is 0 Å². The summed E-state index contributed by atoms with van der Waals surface area (Å²) in [5.41, 5.74) is 3.58. The van der Waals surface area contributed by atoms with E-state index in [1.54, 1.807) is 12.1 Å². The first-order valence-corrected chi connectivity index (χ1v) is 32.2. The summed E-state index contributed by atoms with van der Waals surface area (Å²) in [7, 11) is 0. The molecular formula is C67H90N12O14. The lowest BCUT2D eigenvalue weighted by molar-refractivity contribution is -0.145. The molecule has 0 fully saturated rings. The number of phenolic OH excluding ortho intramolecular Hbond substituents is 2. The van der Waals surface area contributed by atoms with Crippen molar-refractivity contribution < 1.29 is 53.1 Å². The van der Waals surface area contributed by atoms with E-state index in [1.165, 1.54) is 16.5 Å². The predicted molar refractivity (Wildman–Crippen MR) is 349 cm³/mol. The SMILES string of the molecule is CC(=O)NCCCCCCn1c(=O)n(CCCCCCNC(=O)OCCOC(=O)CCc2cc(-n3nc4ccccc4n3)c(O)c(C(C)(C)C)c2)c(=O)n(CCCCCCNC(=O)OCCOC(=O)CCc2cc(-n3nc4ccccc4n3)c(O)c(C(C)(C)C)c2)c1=O. The van der Waals surface area contributed by atoms with Gasteiger partial charge in [-0.1, -0.05) is 116 Å². The van der Waals surface area contributed by atoms with Gasteiger partial charge in [-0.25, -0.2) is 37.7 Å². The molecule has 0 aliphatic rings. The number of aromatic nitrogens is 9. The third kappa shape index (κ3) is 21.4. The van der Waals surface area contributed by atoms with Gasteiger partial charge in [0.2, 0.25) is 5.91 Å². The zero-order chi connectivity index (χ0) is 67.1. The Balaban J connectivity index is 0.778. The molecule has 0 spiro atoms. The van der Waals surface area contributed by atoms with Crippen molar-refractivity contribution in [3.8, 4) is 22.9 Å². The second kappa shape index (κ2) is 34.3. The Labute approximate surface area is 539 Å². The Bertz CT molecular complexity index is 3570. The molecule has 0 atom stereocenters. The summed E-state index contributed by atoms with van der Waals surface area (Å²) in [5.74, 6) is -0.969. The number of amides is 3. The van der Waals surface area contributed by atoms with Gasteiger partial charge in [-0.15, -0.1) is 30.0 Å². The van der Waals surface area contributed by atoms with Crippen molar-refractivity contribution in [2.75, 3.05) is 46.1 Å². The number of benzene rings is 4. The van der Waals surface area contributed by atoms with Crippen LogP contribution < -0.4 is 33.0 Å². The van der Waals surface area contributed by atoms with Gasteiger partial charge in [0.05, 0.1) is 0 Å². The number of carbonyl (C=O) groups excluding carboxylic acids is 5. The molecule has 3 amide bonds. The van der Waals surface area contributed by atoms with Crippen LogP contribution >= 0.6 is 0 Å². The van der Waals surface area contributed by atoms with Crippen molar-refractivity contribution in [1.29, 1.82) is 0 Å². The summed E-state index contributed by atoms with van der Waals surface area (Å²) in [4.78, 5) is 106. The molecule has 0 saturated carbocycles. The van der Waals surface area contributed by atoms with Crippen LogP contribution in [-0.4, -0.2) is 130 Å². The van der Waals surface area contributed by atoms with Gasteiger partial charge >= 0.3 is 41.2 Å². The smallest absolute Gasteiger partial charge is 0.407 e. The lowest BCUT2D eigenvalue weighted by atomic mass is 9.84. The minimum absolute atomic E-state index is 0.0446. The molecule has 4 aromatic carbocycles. The highest BCUT2D eigenvalue weighted by molar-refractivity contribution is 5.76. The molecule has 0 radical (unpaired) electrons. The average Bonchev–Trinajstić information content (AvgIpc) is 1.86. The van der Waals surface area contributed by atoms with Gasteiger partial charge in [-0.2, -0.15) is 0 Å². The van der Waals surface area contributed by atoms with Crippen molar-refractivity contribution >= 4 is 52.1 Å². The molecule has 3 aromatic heterocycles. The minimum atomic E-state index is -0.681. The standard InChI is InChI=1S/C67H90N12O14/c1-46(80)68-32-18-8-11-21-35-75-63(87)76(36-22-12-9-19-33-69-61(85)92-40-38-90-57(81)30-28-47-42-49(66(2,3)4)59(83)55(44-47)78-71-51-24-14-15-25-52(51)72-78)65(89)77(64(75)88)37-23-13-10-20-34-70-62(86)93-41-39-91-58(82)31-29-48-43-50(67(5,6)7)60(84)56(45-48)79-73-53-26-16-17-27-54(53)74-79/h14-17,24-27,42-45,83-84H,8-13,18-23,28-41H2,1-7H3,(H,68,80)(H,69,85)(H,70,86). The Kier molecular flexibility index (Phi) is 26.3. The molecule has 93 heavy (non-hydrogen) atoms. The topological polar surface area (TPSA) is 326 Å². The summed E-state index contributed by atoms with van der Waals surface area (Å²) in [6, 6.07) is 22.0. The van der Waals surface area contributed by atoms with Crippen molar-refractivity contribution in [2.45, 2.75) is 182 Å². The van der Waals surface area contributed by atoms with Crippen molar-refractivity contribution in [3.05, 3.63) is 127 Å². The molecule has 502 valence electrons. The molecular weight excluding hydrogens is 1200 g/mol. The molecule has 0 unspecified atom stereocenters. The number of unbranched alkanes of at least 4 members (excludes halogenated alkanes) is 9. The third-order valence-corrected chi connectivity index (χ3v) is 15.5. The fourth-order valence-corrected chi connectivity index (χ4v) is 10.5. The number of hydrogen-bond donors (Lipinski definition) is 5. The maximum Gasteiger partial charge on any atom is 0.407 e. The molecule has 0 aliphatic carbocycles. The van der Waals surface area contributed by atoms with E-state index >= 15 is 0 Å². The number of alkyl carbamates (subject to hydrolysis) is 2. The average molecular weight is 1290 g/mol. The molecule has 7 aromatic rings. The van der Waals surface area contributed by atoms with Crippen LogP contribution in [0.1, 0.15) is 161 Å². The van der Waals surface area contributed by atoms with Crippen molar-refractivity contribution in [1.82, 2.24) is 59.6 Å². The Morgan fingerprint density at radius 2 is 0.753 bits per heavy atom. The van der Waals surface area contributed by atoms with E-state index in [4.69, 9.17) is 18.9 Å². The van der Waals surface area contributed by atoms with Crippen LogP contribution in [0.15, 0.2) is 87.2 Å². The number of rotatable bonds is 35. The van der Waals surface area contributed by atoms with Gasteiger partial charge in [-0.05, 0) is 110 Å². The molecule has 5 N–H and O–H groups in total. The molecule has 26 heteroatoms. The predicted octanol–water partition coefficient (Wildman–Crippen LogP) is 8.27. The van der Waals surface area contributed by atoms with Gasteiger partial charge in [0.1, 0.15) is 71.4 Å². The summed E-state index contributed by atoms with van der Waals surface area (Å²) < 4.78 is 24.4. The van der Waals surface area contributed by atoms with Crippen molar-refractivity contribution in [3.63, 3.8) is 0 Å². The highest BCUT2D eigenvalue weighted by Gasteiger charge is 2.26. The molecule has 26 nitrogen and oxygen atoms in total. The van der Waals surface area contributed by atoms with E-state index in [-0.39, 0.29) is 76.3 Å². The Morgan fingerprint density at radius 3 is 1.08 bits per heavy atom. The first-order valence-electron chi connectivity index (χ1n) is 32.2. The second-order valence-corrected chi connectivity index (χ2v) is 25.1. The fraction of sp³-hybridized carbons (Fsp3) is 0.522. The molecule has 3 heterocycles. The number of fused-ring (bicyclic) bond motifs is 2. The maximum absolute atomic E-state index is 13.8. The molecule has 0 saturated heterocycles. The monoisotopic (exact) mass is 1290 g/mol. The second-order valence-electron chi connectivity index (χ2n) is 25.1. The van der Waals surface area contributed by atoms with E-state index < -0.39 is 52.0 Å². The van der Waals surface area contributed by atoms with Gasteiger partial charge in [0, 0.05) is 70.2 Å². The van der Waals surface area contributed by atoms with Gasteiger partial charge < -0.3 is 45.1 Å². The number of aromatic hydroxyl groups is 2. The number of hydrogen-bond acceptors (Lipinski definition) is 18. The van der Waals surface area contributed by atoms with Crippen LogP contribution in [0.4, 0.5) is 9.59 Å². The van der Waals surface area contributed by atoms with Crippen LogP contribution in [0.3, 0.4) is 0 Å². The highest BCUT2D eigenvalue weighted by atomic mass is 16.6. The van der Waals surface area contributed by atoms with E-state index in [9.17, 15) is 48.6 Å². The van der Waals surface area contributed by atoms with Crippen LogP contribution in [0.2, 0.25) is 0 Å². The zero-order valence-corrected chi connectivity index (χ0v) is 54.6. The van der Waals surface area contributed by atoms with Gasteiger partial charge in [-0.3, -0.25) is 14.4 Å². The van der Waals surface area contributed by atoms with Crippen LogP contribution in [0, 0.1) is 0 Å². The largest absolute Gasteiger partial charge is 0.505 e. The van der Waals surface area contributed by atoms with E-state index in [1.807, 2.05) is 102 Å². The number of aryl methyl sites for hydroxylation is 2. The van der Waals surface area contributed by atoms with Crippen LogP contribution in [-0.2, 0) is 76.6 Å². The number of nitrogens with zero attached hydrogens (tertiary/aromatic N) is 9. The Hall–Kier alpha value is -9.36. The van der Waals surface area contributed by atoms with E-state index in [0.29, 0.717) is 141 Å². The minimum Gasteiger partial charge on any atom is -0.505 e. The first kappa shape index (κ1) is 71.1. The highest BCUT2D eigenvalue weighted by Crippen LogP contribution is 2.38.